The first kappa shape index (κ1) is 13.6. The van der Waals surface area contributed by atoms with Gasteiger partial charge in [-0.15, -0.1) is 0 Å². The molecule has 1 aromatic rings. The van der Waals surface area contributed by atoms with Gasteiger partial charge in [0.2, 0.25) is 0 Å². The summed E-state index contributed by atoms with van der Waals surface area (Å²) in [4.78, 5) is 13.7. The van der Waals surface area contributed by atoms with E-state index in [1.807, 2.05) is 24.3 Å². The van der Waals surface area contributed by atoms with Crippen molar-refractivity contribution in [3.05, 3.63) is 29.8 Å². The van der Waals surface area contributed by atoms with E-state index in [-0.39, 0.29) is 17.1 Å². The first-order chi connectivity index (χ1) is 8.94. The van der Waals surface area contributed by atoms with Gasteiger partial charge in [-0.25, -0.2) is 0 Å². The number of benzene rings is 1. The second-order valence-electron chi connectivity index (χ2n) is 5.99. The van der Waals surface area contributed by atoms with Crippen LogP contribution in [0.15, 0.2) is 24.3 Å². The van der Waals surface area contributed by atoms with Gasteiger partial charge in [0.15, 0.2) is 5.78 Å². The average molecular weight is 256 g/mol. The van der Waals surface area contributed by atoms with E-state index in [0.29, 0.717) is 0 Å². The molecule has 1 aliphatic heterocycles. The Balaban J connectivity index is 2.23. The molecule has 0 bridgehead atoms. The number of nitriles is 1. The maximum atomic E-state index is 11.4. The van der Waals surface area contributed by atoms with Gasteiger partial charge in [-0.05, 0) is 30.9 Å². The number of hydrogen-bond donors (Lipinski definition) is 0. The van der Waals surface area contributed by atoms with Gasteiger partial charge in [0.05, 0.1) is 12.0 Å². The summed E-state index contributed by atoms with van der Waals surface area (Å²) in [5.41, 5.74) is 1.81. The third-order valence-corrected chi connectivity index (χ3v) is 4.00. The Bertz CT molecular complexity index is 528. The van der Waals surface area contributed by atoms with Crippen molar-refractivity contribution in [2.45, 2.75) is 27.2 Å². The number of piperidine rings is 1. The van der Waals surface area contributed by atoms with Gasteiger partial charge < -0.3 is 4.90 Å². The van der Waals surface area contributed by atoms with E-state index in [2.05, 4.69) is 24.8 Å². The highest BCUT2D eigenvalue weighted by molar-refractivity contribution is 5.95. The fraction of sp³-hybridized carbons (Fsp3) is 0.500. The van der Waals surface area contributed by atoms with Crippen molar-refractivity contribution in [1.29, 1.82) is 5.26 Å². The number of carbonyl (C=O) groups excluding carboxylic acids is 1. The summed E-state index contributed by atoms with van der Waals surface area (Å²) in [5, 5.41) is 9.19. The van der Waals surface area contributed by atoms with Crippen molar-refractivity contribution in [3.63, 3.8) is 0 Å². The van der Waals surface area contributed by atoms with Crippen LogP contribution in [0.2, 0.25) is 0 Å². The SMILES string of the molecule is CC(=O)c1cccc(N2CCC(C#N)C(C)(C)C2)c1. The van der Waals surface area contributed by atoms with Crippen molar-refractivity contribution in [2.24, 2.45) is 11.3 Å². The minimum Gasteiger partial charge on any atom is -0.371 e. The molecule has 0 radical (unpaired) electrons. The highest BCUT2D eigenvalue weighted by atomic mass is 16.1. The Morgan fingerprint density at radius 3 is 2.79 bits per heavy atom. The van der Waals surface area contributed by atoms with Crippen LogP contribution in [0.4, 0.5) is 5.69 Å². The molecule has 3 heteroatoms. The molecule has 1 fully saturated rings. The largest absolute Gasteiger partial charge is 0.371 e. The topological polar surface area (TPSA) is 44.1 Å². The van der Waals surface area contributed by atoms with E-state index in [0.717, 1.165) is 30.8 Å². The lowest BCUT2D eigenvalue weighted by Crippen LogP contribution is -2.45. The number of nitrogens with zero attached hydrogens (tertiary/aromatic N) is 2. The second kappa shape index (κ2) is 5.05. The van der Waals surface area contributed by atoms with E-state index >= 15 is 0 Å². The summed E-state index contributed by atoms with van der Waals surface area (Å²) in [7, 11) is 0. The molecule has 1 unspecified atom stereocenters. The number of rotatable bonds is 2. The Morgan fingerprint density at radius 1 is 1.47 bits per heavy atom. The van der Waals surface area contributed by atoms with Crippen LogP contribution in [0.25, 0.3) is 0 Å². The quantitative estimate of drug-likeness (QED) is 0.763. The molecule has 0 amide bonds. The molecular weight excluding hydrogens is 236 g/mol. The molecule has 0 aromatic heterocycles. The molecule has 0 spiro atoms. The number of carbonyl (C=O) groups is 1. The van der Waals surface area contributed by atoms with Crippen LogP contribution >= 0.6 is 0 Å². The van der Waals surface area contributed by atoms with Crippen LogP contribution in [0.5, 0.6) is 0 Å². The van der Waals surface area contributed by atoms with Gasteiger partial charge in [-0.1, -0.05) is 26.0 Å². The summed E-state index contributed by atoms with van der Waals surface area (Å²) < 4.78 is 0. The number of ketones is 1. The summed E-state index contributed by atoms with van der Waals surface area (Å²) in [6.45, 7) is 7.60. The van der Waals surface area contributed by atoms with E-state index in [1.165, 1.54) is 0 Å². The molecule has 19 heavy (non-hydrogen) atoms. The normalized spacial score (nSPS) is 21.8. The zero-order chi connectivity index (χ0) is 14.0. The lowest BCUT2D eigenvalue weighted by atomic mass is 9.74. The highest BCUT2D eigenvalue weighted by Gasteiger charge is 2.36. The van der Waals surface area contributed by atoms with E-state index in [1.54, 1.807) is 6.92 Å². The van der Waals surface area contributed by atoms with Gasteiger partial charge in [-0.3, -0.25) is 4.79 Å². The summed E-state index contributed by atoms with van der Waals surface area (Å²) in [6, 6.07) is 10.2. The molecule has 1 saturated heterocycles. The van der Waals surface area contributed by atoms with Crippen molar-refractivity contribution < 1.29 is 4.79 Å². The molecule has 0 N–H and O–H groups in total. The van der Waals surface area contributed by atoms with Crippen LogP contribution in [-0.4, -0.2) is 18.9 Å². The maximum absolute atomic E-state index is 11.4. The molecule has 1 atom stereocenters. The Morgan fingerprint density at radius 2 is 2.21 bits per heavy atom. The molecule has 1 heterocycles. The van der Waals surface area contributed by atoms with Gasteiger partial charge in [0.25, 0.3) is 0 Å². The average Bonchev–Trinajstić information content (AvgIpc) is 2.37. The zero-order valence-electron chi connectivity index (χ0n) is 11.8. The van der Waals surface area contributed by atoms with Gasteiger partial charge in [0, 0.05) is 24.3 Å². The van der Waals surface area contributed by atoms with Crippen molar-refractivity contribution >= 4 is 11.5 Å². The first-order valence-electron chi connectivity index (χ1n) is 6.69. The van der Waals surface area contributed by atoms with Crippen LogP contribution in [0.3, 0.4) is 0 Å². The fourth-order valence-electron chi connectivity index (χ4n) is 2.74. The second-order valence-corrected chi connectivity index (χ2v) is 5.99. The molecule has 2 rings (SSSR count). The number of Topliss-reactive ketones (excluding diaryl/α,β-unsaturated/α-hetero) is 1. The van der Waals surface area contributed by atoms with Crippen molar-refractivity contribution in [3.8, 4) is 6.07 Å². The maximum Gasteiger partial charge on any atom is 0.159 e. The zero-order valence-corrected chi connectivity index (χ0v) is 11.8. The van der Waals surface area contributed by atoms with Crippen LogP contribution in [0.1, 0.15) is 37.6 Å². The monoisotopic (exact) mass is 256 g/mol. The first-order valence-corrected chi connectivity index (χ1v) is 6.69. The van der Waals surface area contributed by atoms with E-state index < -0.39 is 0 Å². The van der Waals surface area contributed by atoms with Gasteiger partial charge >= 0.3 is 0 Å². The fourth-order valence-corrected chi connectivity index (χ4v) is 2.74. The molecule has 1 aromatic carbocycles. The Labute approximate surface area is 114 Å². The third-order valence-electron chi connectivity index (χ3n) is 4.00. The molecular formula is C16H20N2O. The van der Waals surface area contributed by atoms with Crippen LogP contribution in [0, 0.1) is 22.7 Å². The summed E-state index contributed by atoms with van der Waals surface area (Å²) in [6.07, 6.45) is 0.883. The van der Waals surface area contributed by atoms with Gasteiger partial charge in [0.1, 0.15) is 0 Å². The number of anilines is 1. The molecule has 0 aliphatic carbocycles. The molecule has 0 saturated carbocycles. The number of hydrogen-bond acceptors (Lipinski definition) is 3. The third kappa shape index (κ3) is 2.78. The summed E-state index contributed by atoms with van der Waals surface area (Å²) >= 11 is 0. The molecule has 1 aliphatic rings. The van der Waals surface area contributed by atoms with Crippen molar-refractivity contribution in [1.82, 2.24) is 0 Å². The molecule has 100 valence electrons. The predicted molar refractivity (Wildman–Crippen MR) is 76.2 cm³/mol. The lowest BCUT2D eigenvalue weighted by Gasteiger charge is -2.42. The minimum atomic E-state index is -0.0147. The summed E-state index contributed by atoms with van der Waals surface area (Å²) in [5.74, 6) is 0.202. The lowest BCUT2D eigenvalue weighted by molar-refractivity contribution is 0.101. The molecule has 3 nitrogen and oxygen atoms in total. The Hall–Kier alpha value is -1.82. The minimum absolute atomic E-state index is 0.0147. The Kier molecular flexibility index (Phi) is 3.61. The van der Waals surface area contributed by atoms with Crippen LogP contribution in [-0.2, 0) is 0 Å². The van der Waals surface area contributed by atoms with Gasteiger partial charge in [-0.2, -0.15) is 5.26 Å². The predicted octanol–water partition coefficient (Wildman–Crippen LogP) is 3.27. The smallest absolute Gasteiger partial charge is 0.159 e. The van der Waals surface area contributed by atoms with Crippen LogP contribution < -0.4 is 4.90 Å². The standard InChI is InChI=1S/C16H20N2O/c1-12(19)13-5-4-6-15(9-13)18-8-7-14(10-17)16(2,3)11-18/h4-6,9,14H,7-8,11H2,1-3H3. The van der Waals surface area contributed by atoms with Crippen molar-refractivity contribution in [2.75, 3.05) is 18.0 Å². The van der Waals surface area contributed by atoms with E-state index in [4.69, 9.17) is 0 Å². The van der Waals surface area contributed by atoms with E-state index in [9.17, 15) is 10.1 Å². The highest BCUT2D eigenvalue weighted by Crippen LogP contribution is 2.36.